The van der Waals surface area contributed by atoms with Gasteiger partial charge in [0.05, 0.1) is 19.3 Å². The number of nitrogens with zero attached hydrogens (tertiary/aromatic N) is 1. The van der Waals surface area contributed by atoms with Gasteiger partial charge >= 0.3 is 0 Å². The molecule has 0 aliphatic heterocycles. The zero-order chi connectivity index (χ0) is 14.5. The molecule has 1 fully saturated rings. The molecule has 2 rings (SSSR count). The van der Waals surface area contributed by atoms with E-state index in [1.165, 1.54) is 18.4 Å². The van der Waals surface area contributed by atoms with E-state index in [-0.39, 0.29) is 0 Å². The van der Waals surface area contributed by atoms with Crippen LogP contribution in [0.5, 0.6) is 0 Å². The Bertz CT molecular complexity index is 411. The molecule has 0 atom stereocenters. The molecule has 0 bridgehead atoms. The van der Waals surface area contributed by atoms with Crippen molar-refractivity contribution in [3.05, 3.63) is 23.2 Å². The summed E-state index contributed by atoms with van der Waals surface area (Å²) in [5, 5.41) is 3.49. The van der Waals surface area contributed by atoms with Crippen molar-refractivity contribution < 1.29 is 9.15 Å². The van der Waals surface area contributed by atoms with Crippen molar-refractivity contribution in [1.29, 1.82) is 0 Å². The average molecular weight is 280 g/mol. The van der Waals surface area contributed by atoms with Crippen LogP contribution in [-0.2, 0) is 17.8 Å². The Labute approximate surface area is 122 Å². The summed E-state index contributed by atoms with van der Waals surface area (Å²) in [4.78, 5) is 2.28. The minimum absolute atomic E-state index is 0.305. The van der Waals surface area contributed by atoms with Crippen LogP contribution in [-0.4, -0.2) is 37.2 Å². The lowest BCUT2D eigenvalue weighted by Crippen LogP contribution is -2.24. The van der Waals surface area contributed by atoms with Crippen molar-refractivity contribution >= 4 is 0 Å². The molecule has 1 aliphatic carbocycles. The smallest absolute Gasteiger partial charge is 0.118 e. The Morgan fingerprint density at radius 3 is 2.85 bits per heavy atom. The molecular formula is C16H28N2O2. The number of nitrogens with one attached hydrogen (secondary N) is 1. The summed E-state index contributed by atoms with van der Waals surface area (Å²) in [7, 11) is 2.12. The molecule has 1 heterocycles. The standard InChI is InChI=1S/C16H28N2O2/c1-12(2)19-8-7-18(4)11-14-9-16(20-13(14)3)10-17-15-5-6-15/h9,12,15,17H,5-8,10-11H2,1-4H3. The average Bonchev–Trinajstić information content (AvgIpc) is 3.13. The van der Waals surface area contributed by atoms with Gasteiger partial charge in [0, 0.05) is 24.7 Å². The van der Waals surface area contributed by atoms with Crippen LogP contribution in [0.1, 0.15) is 43.8 Å². The van der Waals surface area contributed by atoms with Gasteiger partial charge in [0.2, 0.25) is 0 Å². The van der Waals surface area contributed by atoms with E-state index in [1.807, 2.05) is 0 Å². The summed E-state index contributed by atoms with van der Waals surface area (Å²) >= 11 is 0. The maximum absolute atomic E-state index is 5.82. The molecule has 4 nitrogen and oxygen atoms in total. The van der Waals surface area contributed by atoms with E-state index in [1.54, 1.807) is 0 Å². The molecule has 1 aliphatic rings. The summed E-state index contributed by atoms with van der Waals surface area (Å²) in [6, 6.07) is 2.91. The van der Waals surface area contributed by atoms with E-state index in [4.69, 9.17) is 9.15 Å². The zero-order valence-electron chi connectivity index (χ0n) is 13.2. The minimum atomic E-state index is 0.305. The van der Waals surface area contributed by atoms with Crippen LogP contribution in [0.3, 0.4) is 0 Å². The summed E-state index contributed by atoms with van der Waals surface area (Å²) in [6.45, 7) is 9.68. The highest BCUT2D eigenvalue weighted by molar-refractivity contribution is 5.20. The Hall–Kier alpha value is -0.840. The number of hydrogen-bond donors (Lipinski definition) is 1. The summed E-state index contributed by atoms with van der Waals surface area (Å²) in [5.74, 6) is 2.09. The molecule has 0 amide bonds. The summed E-state index contributed by atoms with van der Waals surface area (Å²) in [5.41, 5.74) is 1.28. The van der Waals surface area contributed by atoms with E-state index in [2.05, 4.69) is 44.1 Å². The maximum Gasteiger partial charge on any atom is 0.118 e. The number of hydrogen-bond acceptors (Lipinski definition) is 4. The monoisotopic (exact) mass is 280 g/mol. The second kappa shape index (κ2) is 7.25. The second-order valence-corrected chi connectivity index (χ2v) is 6.11. The van der Waals surface area contributed by atoms with Gasteiger partial charge in [-0.25, -0.2) is 0 Å². The first-order valence-electron chi connectivity index (χ1n) is 7.66. The highest BCUT2D eigenvalue weighted by atomic mass is 16.5. The molecule has 0 unspecified atom stereocenters. The van der Waals surface area contributed by atoms with Gasteiger partial charge in [0.1, 0.15) is 11.5 Å². The van der Waals surface area contributed by atoms with Gasteiger partial charge in [-0.2, -0.15) is 0 Å². The number of furan rings is 1. The molecule has 1 aromatic heterocycles. The lowest BCUT2D eigenvalue weighted by molar-refractivity contribution is 0.0626. The number of ether oxygens (including phenoxy) is 1. The third-order valence-electron chi connectivity index (χ3n) is 3.58. The van der Waals surface area contributed by atoms with Crippen molar-refractivity contribution in [2.45, 2.75) is 58.8 Å². The van der Waals surface area contributed by atoms with Crippen LogP contribution in [0.4, 0.5) is 0 Å². The quantitative estimate of drug-likeness (QED) is 0.755. The maximum atomic E-state index is 5.82. The molecule has 114 valence electrons. The molecule has 1 N–H and O–H groups in total. The molecule has 0 aromatic carbocycles. The number of aryl methyl sites for hydroxylation is 1. The van der Waals surface area contributed by atoms with Gasteiger partial charge in [-0.3, -0.25) is 4.90 Å². The topological polar surface area (TPSA) is 37.6 Å². The Morgan fingerprint density at radius 2 is 2.20 bits per heavy atom. The summed E-state index contributed by atoms with van der Waals surface area (Å²) in [6.07, 6.45) is 2.93. The first kappa shape index (κ1) is 15.5. The van der Waals surface area contributed by atoms with Gasteiger partial charge < -0.3 is 14.5 Å². The molecule has 20 heavy (non-hydrogen) atoms. The largest absolute Gasteiger partial charge is 0.465 e. The first-order valence-corrected chi connectivity index (χ1v) is 7.66. The van der Waals surface area contributed by atoms with E-state index >= 15 is 0 Å². The van der Waals surface area contributed by atoms with Gasteiger partial charge in [0.15, 0.2) is 0 Å². The van der Waals surface area contributed by atoms with Gasteiger partial charge in [-0.05, 0) is 46.7 Å². The van der Waals surface area contributed by atoms with Crippen molar-refractivity contribution in [3.8, 4) is 0 Å². The van der Waals surface area contributed by atoms with Crippen molar-refractivity contribution in [2.24, 2.45) is 0 Å². The van der Waals surface area contributed by atoms with Gasteiger partial charge in [-0.15, -0.1) is 0 Å². The van der Waals surface area contributed by atoms with Crippen LogP contribution >= 0.6 is 0 Å². The first-order chi connectivity index (χ1) is 9.54. The lowest BCUT2D eigenvalue weighted by atomic mass is 10.2. The second-order valence-electron chi connectivity index (χ2n) is 6.11. The SMILES string of the molecule is Cc1oc(CNC2CC2)cc1CN(C)CCOC(C)C. The fourth-order valence-corrected chi connectivity index (χ4v) is 2.18. The highest BCUT2D eigenvalue weighted by Gasteiger charge is 2.21. The van der Waals surface area contributed by atoms with Crippen LogP contribution in [0, 0.1) is 6.92 Å². The van der Waals surface area contributed by atoms with Crippen molar-refractivity contribution in [2.75, 3.05) is 20.2 Å². The van der Waals surface area contributed by atoms with Crippen molar-refractivity contribution in [3.63, 3.8) is 0 Å². The predicted molar refractivity (Wildman–Crippen MR) is 80.7 cm³/mol. The Balaban J connectivity index is 1.75. The molecule has 0 saturated heterocycles. The van der Waals surface area contributed by atoms with E-state index in [0.29, 0.717) is 6.10 Å². The number of likely N-dealkylation sites (N-methyl/N-ethyl adjacent to an activating group) is 1. The van der Waals surface area contributed by atoms with E-state index in [0.717, 1.165) is 43.8 Å². The van der Waals surface area contributed by atoms with E-state index < -0.39 is 0 Å². The minimum Gasteiger partial charge on any atom is -0.465 e. The fraction of sp³-hybridized carbons (Fsp3) is 0.750. The zero-order valence-corrected chi connectivity index (χ0v) is 13.2. The van der Waals surface area contributed by atoms with Crippen LogP contribution < -0.4 is 5.32 Å². The number of rotatable bonds is 9. The molecule has 4 heteroatoms. The highest BCUT2D eigenvalue weighted by Crippen LogP contribution is 2.21. The molecular weight excluding hydrogens is 252 g/mol. The van der Waals surface area contributed by atoms with Gasteiger partial charge in [0.25, 0.3) is 0 Å². The lowest BCUT2D eigenvalue weighted by Gasteiger charge is -2.17. The Kier molecular flexibility index (Phi) is 5.64. The molecule has 0 radical (unpaired) electrons. The van der Waals surface area contributed by atoms with Gasteiger partial charge in [-0.1, -0.05) is 0 Å². The Morgan fingerprint density at radius 1 is 1.45 bits per heavy atom. The third-order valence-corrected chi connectivity index (χ3v) is 3.58. The molecule has 0 spiro atoms. The molecule has 1 saturated carbocycles. The fourth-order valence-electron chi connectivity index (χ4n) is 2.18. The molecule has 1 aromatic rings. The third kappa shape index (κ3) is 5.27. The summed E-state index contributed by atoms with van der Waals surface area (Å²) < 4.78 is 11.4. The van der Waals surface area contributed by atoms with Crippen LogP contribution in [0.2, 0.25) is 0 Å². The predicted octanol–water partition coefficient (Wildman–Crippen LogP) is 2.70. The van der Waals surface area contributed by atoms with Crippen LogP contribution in [0.25, 0.3) is 0 Å². The van der Waals surface area contributed by atoms with Crippen molar-refractivity contribution in [1.82, 2.24) is 10.2 Å². The van der Waals surface area contributed by atoms with Crippen LogP contribution in [0.15, 0.2) is 10.5 Å². The van der Waals surface area contributed by atoms with E-state index in [9.17, 15) is 0 Å². The normalized spacial score (nSPS) is 15.5.